The molecule has 0 radical (unpaired) electrons. The average Bonchev–Trinajstić information content (AvgIpc) is 2.92. The van der Waals surface area contributed by atoms with Gasteiger partial charge in [-0.3, -0.25) is 19.7 Å². The van der Waals surface area contributed by atoms with Crippen LogP contribution < -0.4 is 5.32 Å². The van der Waals surface area contributed by atoms with Gasteiger partial charge in [0.1, 0.15) is 5.69 Å². The summed E-state index contributed by atoms with van der Waals surface area (Å²) in [6.45, 7) is 3.41. The number of aryl methyl sites for hydroxylation is 1. The number of hydrogen-bond acceptors (Lipinski definition) is 5. The lowest BCUT2D eigenvalue weighted by atomic mass is 10.0. The summed E-state index contributed by atoms with van der Waals surface area (Å²) in [5, 5.41) is 14.1. The van der Waals surface area contributed by atoms with E-state index in [4.69, 9.17) is 4.74 Å². The standard InChI is InChI=1S/C18H20BrN3O5/c1-11(2)27-17(23)9-14(13-6-4-5-7-15(13)22(25)26)20-18(24)16-8-12(19)10-21(16)3/h4-8,10-11,14H,9H2,1-3H3,(H,20,24). The van der Waals surface area contributed by atoms with Crippen molar-refractivity contribution in [1.82, 2.24) is 9.88 Å². The molecule has 9 heteroatoms. The van der Waals surface area contributed by atoms with Gasteiger partial charge in [0, 0.05) is 23.8 Å². The number of nitrogens with zero attached hydrogens (tertiary/aromatic N) is 2. The maximum atomic E-state index is 12.7. The molecule has 0 aliphatic carbocycles. The van der Waals surface area contributed by atoms with E-state index >= 15 is 0 Å². The number of aromatic nitrogens is 1. The molecule has 1 unspecified atom stereocenters. The summed E-state index contributed by atoms with van der Waals surface area (Å²) in [4.78, 5) is 35.7. The Kier molecular flexibility index (Phi) is 6.73. The number of para-hydroxylation sites is 1. The van der Waals surface area contributed by atoms with Gasteiger partial charge in [-0.25, -0.2) is 0 Å². The van der Waals surface area contributed by atoms with E-state index in [0.717, 1.165) is 4.47 Å². The predicted octanol–water partition coefficient (Wildman–Crippen LogP) is 3.51. The van der Waals surface area contributed by atoms with Crippen molar-refractivity contribution in [2.75, 3.05) is 0 Å². The maximum absolute atomic E-state index is 12.7. The molecule has 0 bridgehead atoms. The molecule has 2 aromatic rings. The number of carbonyl (C=O) groups is 2. The van der Waals surface area contributed by atoms with Crippen molar-refractivity contribution in [3.05, 3.63) is 62.4 Å². The first-order valence-electron chi connectivity index (χ1n) is 8.24. The van der Waals surface area contributed by atoms with Gasteiger partial charge in [0.05, 0.1) is 29.1 Å². The molecule has 0 saturated carbocycles. The molecule has 0 saturated heterocycles. The molecule has 144 valence electrons. The minimum Gasteiger partial charge on any atom is -0.463 e. The van der Waals surface area contributed by atoms with Crippen LogP contribution in [0.4, 0.5) is 5.69 Å². The molecule has 0 fully saturated rings. The normalized spacial score (nSPS) is 11.9. The number of carbonyl (C=O) groups excluding carboxylic acids is 2. The average molecular weight is 438 g/mol. The van der Waals surface area contributed by atoms with Crippen LogP contribution in [0.2, 0.25) is 0 Å². The molecule has 27 heavy (non-hydrogen) atoms. The Morgan fingerprint density at radius 3 is 2.56 bits per heavy atom. The van der Waals surface area contributed by atoms with Crippen molar-refractivity contribution < 1.29 is 19.2 Å². The van der Waals surface area contributed by atoms with Crippen molar-refractivity contribution in [2.24, 2.45) is 7.05 Å². The Morgan fingerprint density at radius 2 is 2.00 bits per heavy atom. The number of nitrogens with one attached hydrogen (secondary N) is 1. The van der Waals surface area contributed by atoms with Crippen molar-refractivity contribution in [3.63, 3.8) is 0 Å². The van der Waals surface area contributed by atoms with E-state index in [1.54, 1.807) is 43.8 Å². The number of amides is 1. The smallest absolute Gasteiger partial charge is 0.308 e. The Morgan fingerprint density at radius 1 is 1.33 bits per heavy atom. The molecule has 1 aromatic carbocycles. The zero-order valence-electron chi connectivity index (χ0n) is 15.1. The zero-order chi connectivity index (χ0) is 20.1. The number of hydrogen-bond donors (Lipinski definition) is 1. The van der Waals surface area contributed by atoms with E-state index in [-0.39, 0.29) is 23.8 Å². The highest BCUT2D eigenvalue weighted by Gasteiger charge is 2.27. The molecule has 0 spiro atoms. The van der Waals surface area contributed by atoms with E-state index in [1.165, 1.54) is 18.2 Å². The molecule has 1 atom stereocenters. The van der Waals surface area contributed by atoms with Gasteiger partial charge in [-0.05, 0) is 35.8 Å². The third-order valence-electron chi connectivity index (χ3n) is 3.76. The minimum absolute atomic E-state index is 0.173. The fourth-order valence-electron chi connectivity index (χ4n) is 2.65. The van der Waals surface area contributed by atoms with Crippen LogP contribution in [0.5, 0.6) is 0 Å². The fourth-order valence-corrected chi connectivity index (χ4v) is 3.17. The number of ether oxygens (including phenoxy) is 1. The van der Waals surface area contributed by atoms with Crippen LogP contribution in [0.25, 0.3) is 0 Å². The maximum Gasteiger partial charge on any atom is 0.308 e. The van der Waals surface area contributed by atoms with Crippen LogP contribution in [0, 0.1) is 10.1 Å². The molecule has 2 rings (SSSR count). The SMILES string of the molecule is CC(C)OC(=O)CC(NC(=O)c1cc(Br)cn1C)c1ccccc1[N+](=O)[O-]. The van der Waals surface area contributed by atoms with Crippen molar-refractivity contribution in [3.8, 4) is 0 Å². The van der Waals surface area contributed by atoms with Crippen LogP contribution in [0.3, 0.4) is 0 Å². The van der Waals surface area contributed by atoms with Gasteiger partial charge in [0.15, 0.2) is 0 Å². The topological polar surface area (TPSA) is 103 Å². The monoisotopic (exact) mass is 437 g/mol. The van der Waals surface area contributed by atoms with Crippen molar-refractivity contribution in [2.45, 2.75) is 32.4 Å². The second kappa shape index (κ2) is 8.81. The Labute approximate surface area is 164 Å². The molecule has 1 N–H and O–H groups in total. The number of rotatable bonds is 7. The van der Waals surface area contributed by atoms with Crippen LogP contribution in [0.15, 0.2) is 41.0 Å². The Balaban J connectivity index is 2.35. The molecule has 1 heterocycles. The molecule has 8 nitrogen and oxygen atoms in total. The summed E-state index contributed by atoms with van der Waals surface area (Å²) < 4.78 is 7.48. The lowest BCUT2D eigenvalue weighted by Crippen LogP contribution is -2.32. The largest absolute Gasteiger partial charge is 0.463 e. The van der Waals surface area contributed by atoms with Gasteiger partial charge in [-0.1, -0.05) is 18.2 Å². The van der Waals surface area contributed by atoms with E-state index in [9.17, 15) is 19.7 Å². The molecule has 0 aliphatic heterocycles. The van der Waals surface area contributed by atoms with Gasteiger partial charge < -0.3 is 14.6 Å². The summed E-state index contributed by atoms with van der Waals surface area (Å²) in [5.74, 6) is -1.01. The van der Waals surface area contributed by atoms with E-state index in [1.807, 2.05) is 0 Å². The van der Waals surface area contributed by atoms with Gasteiger partial charge in [-0.2, -0.15) is 0 Å². The molecular formula is C18H20BrN3O5. The van der Waals surface area contributed by atoms with Crippen LogP contribution in [-0.2, 0) is 16.6 Å². The third kappa shape index (κ3) is 5.40. The van der Waals surface area contributed by atoms with Crippen LogP contribution >= 0.6 is 15.9 Å². The summed E-state index contributed by atoms with van der Waals surface area (Å²) in [6.07, 6.45) is 1.16. The number of esters is 1. The minimum atomic E-state index is -0.904. The van der Waals surface area contributed by atoms with E-state index < -0.39 is 22.8 Å². The quantitative estimate of drug-likeness (QED) is 0.405. The highest BCUT2D eigenvalue weighted by atomic mass is 79.9. The molecule has 1 aromatic heterocycles. The summed E-state index contributed by atoms with van der Waals surface area (Å²) >= 11 is 3.30. The first-order chi connectivity index (χ1) is 12.7. The summed E-state index contributed by atoms with van der Waals surface area (Å²) in [5.41, 5.74) is 0.417. The fraction of sp³-hybridized carbons (Fsp3) is 0.333. The first-order valence-corrected chi connectivity index (χ1v) is 9.04. The molecule has 0 aliphatic rings. The van der Waals surface area contributed by atoms with Crippen LogP contribution in [-0.4, -0.2) is 27.5 Å². The van der Waals surface area contributed by atoms with Crippen LogP contribution in [0.1, 0.15) is 42.4 Å². The number of benzene rings is 1. The van der Waals surface area contributed by atoms with Gasteiger partial charge in [-0.15, -0.1) is 0 Å². The van der Waals surface area contributed by atoms with Crippen molar-refractivity contribution in [1.29, 1.82) is 0 Å². The lowest BCUT2D eigenvalue weighted by Gasteiger charge is -2.19. The van der Waals surface area contributed by atoms with Crippen molar-refractivity contribution >= 4 is 33.5 Å². The zero-order valence-corrected chi connectivity index (χ0v) is 16.7. The molecular weight excluding hydrogens is 418 g/mol. The van der Waals surface area contributed by atoms with Gasteiger partial charge in [0.2, 0.25) is 0 Å². The highest BCUT2D eigenvalue weighted by molar-refractivity contribution is 9.10. The van der Waals surface area contributed by atoms with Gasteiger partial charge in [0.25, 0.3) is 11.6 Å². The number of nitro groups is 1. The number of nitro benzene ring substituents is 1. The summed E-state index contributed by atoms with van der Waals surface area (Å²) in [6, 6.07) is 6.72. The Hall–Kier alpha value is -2.68. The highest BCUT2D eigenvalue weighted by Crippen LogP contribution is 2.28. The first kappa shape index (κ1) is 20.6. The van der Waals surface area contributed by atoms with Gasteiger partial charge >= 0.3 is 5.97 Å². The lowest BCUT2D eigenvalue weighted by molar-refractivity contribution is -0.385. The summed E-state index contributed by atoms with van der Waals surface area (Å²) in [7, 11) is 1.70. The Bertz CT molecular complexity index is 862. The third-order valence-corrected chi connectivity index (χ3v) is 4.19. The molecule has 1 amide bonds. The van der Waals surface area contributed by atoms with E-state index in [2.05, 4.69) is 21.2 Å². The van der Waals surface area contributed by atoms with E-state index in [0.29, 0.717) is 5.69 Å². The second-order valence-electron chi connectivity index (χ2n) is 6.24. The predicted molar refractivity (Wildman–Crippen MR) is 102 cm³/mol. The number of halogens is 1. The second-order valence-corrected chi connectivity index (χ2v) is 7.15.